The molecule has 1 rings (SSSR count). The number of rotatable bonds is 6. The minimum absolute atomic E-state index is 0.360. The first-order valence-electron chi connectivity index (χ1n) is 5.39. The highest BCUT2D eigenvalue weighted by molar-refractivity contribution is 5.18. The van der Waals surface area contributed by atoms with Crippen molar-refractivity contribution in [2.24, 2.45) is 0 Å². The minimum atomic E-state index is -0.397. The normalized spacial score (nSPS) is 11.1. The van der Waals surface area contributed by atoms with Crippen molar-refractivity contribution in [3.8, 4) is 0 Å². The van der Waals surface area contributed by atoms with Gasteiger partial charge in [-0.1, -0.05) is 0 Å². The average Bonchev–Trinajstić information content (AvgIpc) is 2.22. The fourth-order valence-electron chi connectivity index (χ4n) is 1.42. The highest BCUT2D eigenvalue weighted by Gasteiger charge is 2.02. The first-order chi connectivity index (χ1) is 7.59. The average molecular weight is 228 g/mol. The predicted molar refractivity (Wildman–Crippen MR) is 61.2 cm³/mol. The molecule has 1 aromatic carbocycles. The maximum absolute atomic E-state index is 13.2. The van der Waals surface area contributed by atoms with Crippen LogP contribution in [-0.2, 0) is 6.54 Å². The van der Waals surface area contributed by atoms with E-state index in [1.54, 1.807) is 0 Å². The lowest BCUT2D eigenvalue weighted by molar-refractivity contribution is 0.394. The van der Waals surface area contributed by atoms with Gasteiger partial charge in [-0.05, 0) is 51.8 Å². The fourth-order valence-corrected chi connectivity index (χ4v) is 1.42. The monoisotopic (exact) mass is 228 g/mol. The lowest BCUT2D eigenvalue weighted by Crippen LogP contribution is -2.21. The minimum Gasteiger partial charge on any atom is -0.313 e. The Morgan fingerprint density at radius 3 is 2.69 bits per heavy atom. The molecule has 0 amide bonds. The summed E-state index contributed by atoms with van der Waals surface area (Å²) in [6.45, 7) is 2.16. The first kappa shape index (κ1) is 13.1. The van der Waals surface area contributed by atoms with Crippen LogP contribution >= 0.6 is 0 Å². The third kappa shape index (κ3) is 4.68. The van der Waals surface area contributed by atoms with E-state index in [0.29, 0.717) is 12.1 Å². The number of hydrogen-bond acceptors (Lipinski definition) is 2. The number of nitrogens with zero attached hydrogens (tertiary/aromatic N) is 1. The summed E-state index contributed by atoms with van der Waals surface area (Å²) in [5.74, 6) is -0.756. The van der Waals surface area contributed by atoms with Crippen molar-refractivity contribution >= 4 is 0 Å². The second-order valence-electron chi connectivity index (χ2n) is 4.07. The van der Waals surface area contributed by atoms with Crippen molar-refractivity contribution in [1.29, 1.82) is 0 Å². The van der Waals surface area contributed by atoms with Gasteiger partial charge in [-0.15, -0.1) is 0 Å². The summed E-state index contributed by atoms with van der Waals surface area (Å²) < 4.78 is 26.0. The van der Waals surface area contributed by atoms with E-state index >= 15 is 0 Å². The molecule has 90 valence electrons. The largest absolute Gasteiger partial charge is 0.313 e. The van der Waals surface area contributed by atoms with Crippen LogP contribution in [0.2, 0.25) is 0 Å². The van der Waals surface area contributed by atoms with Crippen molar-refractivity contribution in [3.05, 3.63) is 35.4 Å². The molecule has 1 aromatic rings. The van der Waals surface area contributed by atoms with E-state index in [4.69, 9.17) is 0 Å². The summed E-state index contributed by atoms with van der Waals surface area (Å²) in [6, 6.07) is 3.52. The van der Waals surface area contributed by atoms with Crippen LogP contribution in [0.25, 0.3) is 0 Å². The summed E-state index contributed by atoms with van der Waals surface area (Å²) in [7, 11) is 4.01. The van der Waals surface area contributed by atoms with Gasteiger partial charge in [0.2, 0.25) is 0 Å². The van der Waals surface area contributed by atoms with Gasteiger partial charge >= 0.3 is 0 Å². The van der Waals surface area contributed by atoms with E-state index in [-0.39, 0.29) is 5.82 Å². The zero-order chi connectivity index (χ0) is 12.0. The number of benzene rings is 1. The summed E-state index contributed by atoms with van der Waals surface area (Å²) >= 11 is 0. The SMILES string of the molecule is CN(C)CCCNCc1cc(F)ccc1F. The van der Waals surface area contributed by atoms with E-state index in [1.165, 1.54) is 6.07 Å². The van der Waals surface area contributed by atoms with Gasteiger partial charge in [0.05, 0.1) is 0 Å². The van der Waals surface area contributed by atoms with E-state index < -0.39 is 5.82 Å². The van der Waals surface area contributed by atoms with Gasteiger partial charge < -0.3 is 10.2 Å². The molecule has 0 saturated heterocycles. The highest BCUT2D eigenvalue weighted by atomic mass is 19.1. The van der Waals surface area contributed by atoms with E-state index in [1.807, 2.05) is 14.1 Å². The van der Waals surface area contributed by atoms with Crippen LogP contribution in [0.1, 0.15) is 12.0 Å². The zero-order valence-electron chi connectivity index (χ0n) is 9.76. The van der Waals surface area contributed by atoms with Gasteiger partial charge in [0.15, 0.2) is 0 Å². The second-order valence-corrected chi connectivity index (χ2v) is 4.07. The zero-order valence-corrected chi connectivity index (χ0v) is 9.76. The maximum atomic E-state index is 13.2. The molecule has 4 heteroatoms. The van der Waals surface area contributed by atoms with Crippen molar-refractivity contribution in [2.45, 2.75) is 13.0 Å². The van der Waals surface area contributed by atoms with E-state index in [2.05, 4.69) is 10.2 Å². The summed E-state index contributed by atoms with van der Waals surface area (Å²) in [5, 5.41) is 3.09. The first-order valence-corrected chi connectivity index (χ1v) is 5.39. The summed E-state index contributed by atoms with van der Waals surface area (Å²) in [4.78, 5) is 2.09. The molecule has 0 fully saturated rings. The van der Waals surface area contributed by atoms with Crippen LogP contribution in [0.5, 0.6) is 0 Å². The van der Waals surface area contributed by atoms with Gasteiger partial charge in [0, 0.05) is 12.1 Å². The van der Waals surface area contributed by atoms with Crippen LogP contribution in [0.4, 0.5) is 8.78 Å². The molecule has 16 heavy (non-hydrogen) atoms. The standard InChI is InChI=1S/C12H18F2N2/c1-16(2)7-3-6-15-9-10-8-11(13)4-5-12(10)14/h4-5,8,15H,3,6-7,9H2,1-2H3. The summed E-state index contributed by atoms with van der Waals surface area (Å²) in [6.07, 6.45) is 0.990. The number of nitrogens with one attached hydrogen (secondary N) is 1. The van der Waals surface area contributed by atoms with Gasteiger partial charge in [0.25, 0.3) is 0 Å². The Kier molecular flexibility index (Phi) is 5.35. The quantitative estimate of drug-likeness (QED) is 0.749. The molecular formula is C12H18F2N2. The number of hydrogen-bond donors (Lipinski definition) is 1. The molecule has 1 N–H and O–H groups in total. The molecule has 0 unspecified atom stereocenters. The third-order valence-corrected chi connectivity index (χ3v) is 2.28. The topological polar surface area (TPSA) is 15.3 Å². The maximum Gasteiger partial charge on any atom is 0.127 e. The molecule has 0 spiro atoms. The molecule has 0 aliphatic heterocycles. The van der Waals surface area contributed by atoms with Gasteiger partial charge in [-0.2, -0.15) is 0 Å². The molecule has 0 aromatic heterocycles. The Labute approximate surface area is 95.3 Å². The Hall–Kier alpha value is -1.00. The Balaban J connectivity index is 2.29. The molecular weight excluding hydrogens is 210 g/mol. The fraction of sp³-hybridized carbons (Fsp3) is 0.500. The molecule has 2 nitrogen and oxygen atoms in total. The van der Waals surface area contributed by atoms with Crippen LogP contribution in [0.3, 0.4) is 0 Å². The van der Waals surface area contributed by atoms with E-state index in [0.717, 1.165) is 31.6 Å². The van der Waals surface area contributed by atoms with Crippen molar-refractivity contribution in [1.82, 2.24) is 10.2 Å². The molecule has 0 atom stereocenters. The number of halogens is 2. The summed E-state index contributed by atoms with van der Waals surface area (Å²) in [5.41, 5.74) is 0.379. The predicted octanol–water partition coefficient (Wildman–Crippen LogP) is 2.01. The molecule has 0 saturated carbocycles. The van der Waals surface area contributed by atoms with Gasteiger partial charge in [-0.25, -0.2) is 8.78 Å². The van der Waals surface area contributed by atoms with Crippen molar-refractivity contribution in [3.63, 3.8) is 0 Å². The lowest BCUT2D eigenvalue weighted by atomic mass is 10.2. The van der Waals surface area contributed by atoms with Crippen molar-refractivity contribution < 1.29 is 8.78 Å². The van der Waals surface area contributed by atoms with E-state index in [9.17, 15) is 8.78 Å². The molecule has 0 bridgehead atoms. The smallest absolute Gasteiger partial charge is 0.127 e. The molecule has 0 aliphatic carbocycles. The Bertz CT molecular complexity index is 327. The molecule has 0 heterocycles. The van der Waals surface area contributed by atoms with Gasteiger partial charge in [-0.3, -0.25) is 0 Å². The van der Waals surface area contributed by atoms with Crippen LogP contribution < -0.4 is 5.32 Å². The third-order valence-electron chi connectivity index (χ3n) is 2.28. The van der Waals surface area contributed by atoms with Crippen LogP contribution in [0.15, 0.2) is 18.2 Å². The Morgan fingerprint density at radius 2 is 2.00 bits per heavy atom. The van der Waals surface area contributed by atoms with Crippen LogP contribution in [-0.4, -0.2) is 32.1 Å². The molecule has 0 radical (unpaired) electrons. The van der Waals surface area contributed by atoms with Crippen LogP contribution in [0, 0.1) is 11.6 Å². The van der Waals surface area contributed by atoms with Crippen molar-refractivity contribution in [2.75, 3.05) is 27.2 Å². The second kappa shape index (κ2) is 6.55. The highest BCUT2D eigenvalue weighted by Crippen LogP contribution is 2.08. The lowest BCUT2D eigenvalue weighted by Gasteiger charge is -2.10. The van der Waals surface area contributed by atoms with Gasteiger partial charge in [0.1, 0.15) is 11.6 Å². The Morgan fingerprint density at radius 1 is 1.25 bits per heavy atom. The molecule has 0 aliphatic rings.